The molecule has 1 aliphatic rings. The van der Waals surface area contributed by atoms with Gasteiger partial charge in [-0.1, -0.05) is 59.3 Å². The van der Waals surface area contributed by atoms with Crippen molar-refractivity contribution in [1.82, 2.24) is 29.8 Å². The SMILES string of the molecule is Cc1cccc(-c2noc(CCC(=O)N3CCCC(Cc4nncn4Cc4ccccc4)C3)n2)c1. The van der Waals surface area contributed by atoms with Crippen molar-refractivity contribution >= 4 is 5.91 Å². The number of benzene rings is 2. The van der Waals surface area contributed by atoms with E-state index < -0.39 is 0 Å². The lowest BCUT2D eigenvalue weighted by Gasteiger charge is -2.32. The first kappa shape index (κ1) is 23.0. The molecule has 1 saturated heterocycles. The number of hydrogen-bond acceptors (Lipinski definition) is 6. The van der Waals surface area contributed by atoms with Crippen LogP contribution in [0.2, 0.25) is 0 Å². The molecule has 3 heterocycles. The first-order valence-corrected chi connectivity index (χ1v) is 12.2. The van der Waals surface area contributed by atoms with Crippen LogP contribution in [0.5, 0.6) is 0 Å². The first-order valence-electron chi connectivity index (χ1n) is 12.2. The summed E-state index contributed by atoms with van der Waals surface area (Å²) in [7, 11) is 0. The van der Waals surface area contributed by atoms with E-state index in [1.54, 1.807) is 6.33 Å². The topological polar surface area (TPSA) is 89.9 Å². The minimum atomic E-state index is 0.135. The Morgan fingerprint density at radius 1 is 1.14 bits per heavy atom. The summed E-state index contributed by atoms with van der Waals surface area (Å²) in [6.45, 7) is 4.33. The molecule has 0 spiro atoms. The molecule has 4 aromatic rings. The molecular formula is C27H30N6O2. The van der Waals surface area contributed by atoms with Gasteiger partial charge in [0.25, 0.3) is 0 Å². The highest BCUT2D eigenvalue weighted by Crippen LogP contribution is 2.22. The molecule has 2 aromatic heterocycles. The normalized spacial score (nSPS) is 15.9. The number of carbonyl (C=O) groups excluding carboxylic acids is 1. The fourth-order valence-electron chi connectivity index (χ4n) is 4.70. The number of nitrogens with zero attached hydrogens (tertiary/aromatic N) is 6. The zero-order valence-electron chi connectivity index (χ0n) is 20.0. The van der Waals surface area contributed by atoms with E-state index in [1.807, 2.05) is 54.3 Å². The summed E-state index contributed by atoms with van der Waals surface area (Å²) in [5.74, 6) is 2.55. The van der Waals surface area contributed by atoms with Gasteiger partial charge in [-0.15, -0.1) is 10.2 Å². The van der Waals surface area contributed by atoms with Crippen molar-refractivity contribution < 1.29 is 9.32 Å². The Kier molecular flexibility index (Phi) is 6.97. The Labute approximate surface area is 205 Å². The average molecular weight is 471 g/mol. The van der Waals surface area contributed by atoms with Crippen LogP contribution in [-0.2, 0) is 24.2 Å². The minimum Gasteiger partial charge on any atom is -0.342 e. The van der Waals surface area contributed by atoms with Crippen LogP contribution in [0.25, 0.3) is 11.4 Å². The van der Waals surface area contributed by atoms with Crippen molar-refractivity contribution in [3.8, 4) is 11.4 Å². The number of piperidine rings is 1. The third-order valence-corrected chi connectivity index (χ3v) is 6.53. The van der Waals surface area contributed by atoms with E-state index in [4.69, 9.17) is 4.52 Å². The van der Waals surface area contributed by atoms with Gasteiger partial charge in [0.1, 0.15) is 12.2 Å². The molecule has 8 heteroatoms. The molecule has 1 fully saturated rings. The highest BCUT2D eigenvalue weighted by Gasteiger charge is 2.25. The van der Waals surface area contributed by atoms with Gasteiger partial charge < -0.3 is 14.0 Å². The molecule has 1 aliphatic heterocycles. The fraction of sp³-hybridized carbons (Fsp3) is 0.370. The number of amides is 1. The highest BCUT2D eigenvalue weighted by atomic mass is 16.5. The highest BCUT2D eigenvalue weighted by molar-refractivity contribution is 5.76. The van der Waals surface area contributed by atoms with Crippen LogP contribution in [0, 0.1) is 12.8 Å². The van der Waals surface area contributed by atoms with Crippen molar-refractivity contribution in [2.24, 2.45) is 5.92 Å². The lowest BCUT2D eigenvalue weighted by molar-refractivity contribution is -0.133. The van der Waals surface area contributed by atoms with Gasteiger partial charge in [-0.25, -0.2) is 0 Å². The van der Waals surface area contributed by atoms with Gasteiger partial charge >= 0.3 is 0 Å². The molecule has 35 heavy (non-hydrogen) atoms. The van der Waals surface area contributed by atoms with E-state index in [9.17, 15) is 4.79 Å². The molecule has 1 atom stereocenters. The molecule has 8 nitrogen and oxygen atoms in total. The number of aromatic nitrogens is 5. The molecule has 180 valence electrons. The summed E-state index contributed by atoms with van der Waals surface area (Å²) in [5.41, 5.74) is 3.29. The Hall–Kier alpha value is -3.81. The summed E-state index contributed by atoms with van der Waals surface area (Å²) < 4.78 is 7.51. The van der Waals surface area contributed by atoms with Gasteiger partial charge in [0, 0.05) is 37.9 Å². The molecular weight excluding hydrogens is 440 g/mol. The predicted octanol–water partition coefficient (Wildman–Crippen LogP) is 4.10. The van der Waals surface area contributed by atoms with Crippen LogP contribution in [0.1, 0.15) is 42.1 Å². The molecule has 1 amide bonds. The van der Waals surface area contributed by atoms with E-state index in [-0.39, 0.29) is 5.91 Å². The van der Waals surface area contributed by atoms with Crippen molar-refractivity contribution in [3.05, 3.63) is 83.8 Å². The molecule has 0 bridgehead atoms. The molecule has 5 rings (SSSR count). The number of hydrogen-bond donors (Lipinski definition) is 0. The molecule has 0 aliphatic carbocycles. The Morgan fingerprint density at radius 3 is 2.89 bits per heavy atom. The quantitative estimate of drug-likeness (QED) is 0.385. The third kappa shape index (κ3) is 5.82. The maximum atomic E-state index is 13.0. The van der Waals surface area contributed by atoms with Gasteiger partial charge in [-0.3, -0.25) is 4.79 Å². The van der Waals surface area contributed by atoms with E-state index in [2.05, 4.69) is 37.0 Å². The second-order valence-electron chi connectivity index (χ2n) is 9.29. The maximum Gasteiger partial charge on any atom is 0.227 e. The van der Waals surface area contributed by atoms with Crippen LogP contribution >= 0.6 is 0 Å². The van der Waals surface area contributed by atoms with E-state index >= 15 is 0 Å². The molecule has 2 aromatic carbocycles. The predicted molar refractivity (Wildman–Crippen MR) is 131 cm³/mol. The summed E-state index contributed by atoms with van der Waals surface area (Å²) in [5, 5.41) is 12.6. The number of rotatable bonds is 8. The number of carbonyl (C=O) groups is 1. The van der Waals surface area contributed by atoms with Gasteiger partial charge in [0.2, 0.25) is 17.6 Å². The van der Waals surface area contributed by atoms with Gasteiger partial charge in [-0.05, 0) is 37.3 Å². The summed E-state index contributed by atoms with van der Waals surface area (Å²) in [6.07, 6.45) is 5.52. The molecule has 0 N–H and O–H groups in total. The average Bonchev–Trinajstić information content (AvgIpc) is 3.53. The van der Waals surface area contributed by atoms with Crippen LogP contribution in [0.4, 0.5) is 0 Å². The lowest BCUT2D eigenvalue weighted by Crippen LogP contribution is -2.40. The second kappa shape index (κ2) is 10.6. The summed E-state index contributed by atoms with van der Waals surface area (Å²) in [6, 6.07) is 18.3. The van der Waals surface area contributed by atoms with Crippen LogP contribution in [-0.4, -0.2) is 48.8 Å². The fourth-order valence-corrected chi connectivity index (χ4v) is 4.70. The molecule has 1 unspecified atom stereocenters. The number of aryl methyl sites for hydroxylation is 2. The van der Waals surface area contributed by atoms with E-state index in [1.165, 1.54) is 5.56 Å². The molecule has 0 radical (unpaired) electrons. The van der Waals surface area contributed by atoms with Crippen molar-refractivity contribution in [2.75, 3.05) is 13.1 Å². The van der Waals surface area contributed by atoms with Crippen molar-refractivity contribution in [3.63, 3.8) is 0 Å². The van der Waals surface area contributed by atoms with E-state index in [0.717, 1.165) is 55.8 Å². The van der Waals surface area contributed by atoms with Crippen LogP contribution in [0.3, 0.4) is 0 Å². The zero-order valence-corrected chi connectivity index (χ0v) is 20.0. The first-order chi connectivity index (χ1) is 17.1. The summed E-state index contributed by atoms with van der Waals surface area (Å²) >= 11 is 0. The largest absolute Gasteiger partial charge is 0.342 e. The Bertz CT molecular complexity index is 1270. The third-order valence-electron chi connectivity index (χ3n) is 6.53. The van der Waals surface area contributed by atoms with E-state index in [0.29, 0.717) is 30.5 Å². The zero-order chi connectivity index (χ0) is 24.0. The van der Waals surface area contributed by atoms with Crippen molar-refractivity contribution in [2.45, 2.75) is 45.6 Å². The van der Waals surface area contributed by atoms with Crippen molar-refractivity contribution in [1.29, 1.82) is 0 Å². The summed E-state index contributed by atoms with van der Waals surface area (Å²) in [4.78, 5) is 19.4. The smallest absolute Gasteiger partial charge is 0.227 e. The number of likely N-dealkylation sites (tertiary alicyclic amines) is 1. The minimum absolute atomic E-state index is 0.135. The van der Waals surface area contributed by atoms with Gasteiger partial charge in [0.15, 0.2) is 0 Å². The van der Waals surface area contributed by atoms with Crippen LogP contribution in [0.15, 0.2) is 65.4 Å². The monoisotopic (exact) mass is 470 g/mol. The Balaban J connectivity index is 1.14. The standard InChI is InChI=1S/C27H30N6O2/c1-20-7-5-11-23(15-20)27-29-25(35-31-27)12-13-26(34)32-14-6-10-22(18-32)16-24-30-28-19-33(24)17-21-8-3-2-4-9-21/h2-5,7-9,11,15,19,22H,6,10,12-14,16-18H2,1H3. The maximum absolute atomic E-state index is 13.0. The van der Waals surface area contributed by atoms with Gasteiger partial charge in [-0.2, -0.15) is 4.98 Å². The molecule has 0 saturated carbocycles. The lowest BCUT2D eigenvalue weighted by atomic mass is 9.94. The van der Waals surface area contributed by atoms with Crippen LogP contribution < -0.4 is 0 Å². The Morgan fingerprint density at radius 2 is 2.03 bits per heavy atom. The second-order valence-corrected chi connectivity index (χ2v) is 9.29. The van der Waals surface area contributed by atoms with Gasteiger partial charge in [0.05, 0.1) is 6.54 Å².